The Morgan fingerprint density at radius 2 is 2.11 bits per heavy atom. The van der Waals surface area contributed by atoms with Crippen molar-refractivity contribution in [3.05, 3.63) is 53.4 Å². The highest BCUT2D eigenvalue weighted by molar-refractivity contribution is 5.95. The van der Waals surface area contributed by atoms with Gasteiger partial charge in [0.15, 0.2) is 5.65 Å². The number of nitrogens with zero attached hydrogens (tertiary/aromatic N) is 4. The zero-order chi connectivity index (χ0) is 26.7. The first kappa shape index (κ1) is 26.0. The Labute approximate surface area is 217 Å². The van der Waals surface area contributed by atoms with Crippen LogP contribution in [0.15, 0.2) is 47.8 Å². The molecule has 12 heteroatoms. The van der Waals surface area contributed by atoms with Crippen molar-refractivity contribution in [1.82, 2.24) is 30.1 Å². The van der Waals surface area contributed by atoms with Gasteiger partial charge in [0.1, 0.15) is 0 Å². The summed E-state index contributed by atoms with van der Waals surface area (Å²) in [7, 11) is 0. The van der Waals surface area contributed by atoms with Crippen molar-refractivity contribution in [3.8, 4) is 0 Å². The Bertz CT molecular complexity index is 1310. The van der Waals surface area contributed by atoms with E-state index in [-0.39, 0.29) is 12.5 Å². The zero-order valence-corrected chi connectivity index (χ0v) is 20.9. The van der Waals surface area contributed by atoms with Crippen LogP contribution in [0, 0.1) is 5.92 Å². The Morgan fingerprint density at radius 1 is 1.24 bits per heavy atom. The number of rotatable bonds is 8. The molecule has 0 saturated carbocycles. The number of fused-ring (bicyclic) bond motifs is 1. The summed E-state index contributed by atoms with van der Waals surface area (Å²) in [6, 6.07) is 3.76. The Balaban J connectivity index is 1.18. The summed E-state index contributed by atoms with van der Waals surface area (Å²) in [6.07, 6.45) is 3.37. The molecule has 0 radical (unpaired) electrons. The monoisotopic (exact) mass is 529 g/mol. The number of hydrogen-bond acceptors (Lipinski definition) is 6. The molecule has 1 saturated heterocycles. The average molecular weight is 530 g/mol. The molecule has 3 N–H and O–H groups in total. The van der Waals surface area contributed by atoms with Crippen molar-refractivity contribution in [1.29, 1.82) is 0 Å². The molecule has 1 fully saturated rings. The molecule has 1 atom stereocenters. The Kier molecular flexibility index (Phi) is 7.50. The number of allylic oxidation sites excluding steroid dienone is 3. The highest BCUT2D eigenvalue weighted by atomic mass is 19.4. The summed E-state index contributed by atoms with van der Waals surface area (Å²) < 4.78 is 39.0. The van der Waals surface area contributed by atoms with E-state index in [9.17, 15) is 22.8 Å². The van der Waals surface area contributed by atoms with E-state index in [1.165, 1.54) is 4.90 Å². The Morgan fingerprint density at radius 3 is 2.84 bits per heavy atom. The van der Waals surface area contributed by atoms with Crippen LogP contribution in [-0.2, 0) is 9.59 Å². The number of carbonyl (C=O) groups excluding carboxylic acids is 2. The fourth-order valence-corrected chi connectivity index (χ4v) is 4.91. The van der Waals surface area contributed by atoms with Gasteiger partial charge in [0.25, 0.3) is 0 Å². The number of amides is 2. The predicted molar refractivity (Wildman–Crippen MR) is 136 cm³/mol. The largest absolute Gasteiger partial charge is 0.389 e. The van der Waals surface area contributed by atoms with Gasteiger partial charge in [-0.1, -0.05) is 12.2 Å². The van der Waals surface area contributed by atoms with Crippen LogP contribution in [0.5, 0.6) is 0 Å². The number of pyridine rings is 1. The summed E-state index contributed by atoms with van der Waals surface area (Å²) in [6.45, 7) is 3.20. The second-order valence-corrected chi connectivity index (χ2v) is 9.81. The highest BCUT2D eigenvalue weighted by Crippen LogP contribution is 2.28. The van der Waals surface area contributed by atoms with Crippen LogP contribution in [0.25, 0.3) is 11.2 Å². The van der Waals surface area contributed by atoms with Crippen molar-refractivity contribution in [2.45, 2.75) is 38.3 Å². The van der Waals surface area contributed by atoms with Gasteiger partial charge in [-0.3, -0.25) is 9.59 Å². The molecule has 9 nitrogen and oxygen atoms in total. The lowest BCUT2D eigenvalue weighted by Crippen LogP contribution is -2.35. The normalized spacial score (nSPS) is 19.8. The minimum Gasteiger partial charge on any atom is -0.352 e. The van der Waals surface area contributed by atoms with Gasteiger partial charge in [-0.25, -0.2) is 4.52 Å². The molecule has 5 rings (SSSR count). The van der Waals surface area contributed by atoms with Gasteiger partial charge < -0.3 is 20.9 Å². The third-order valence-corrected chi connectivity index (χ3v) is 7.04. The molecule has 2 aromatic rings. The summed E-state index contributed by atoms with van der Waals surface area (Å²) in [5, 5.41) is 14.0. The number of alkyl halides is 3. The number of nitrogens with one attached hydrogen (secondary N) is 3. The van der Waals surface area contributed by atoms with Crippen molar-refractivity contribution >= 4 is 29.0 Å². The highest BCUT2D eigenvalue weighted by Gasteiger charge is 2.30. The van der Waals surface area contributed by atoms with E-state index in [1.807, 2.05) is 24.3 Å². The second kappa shape index (κ2) is 11.0. The predicted octanol–water partition coefficient (Wildman–Crippen LogP) is 3.04. The molecule has 2 aromatic heterocycles. The first-order valence-corrected chi connectivity index (χ1v) is 12.8. The Hall–Kier alpha value is -3.67. The molecule has 38 heavy (non-hydrogen) atoms. The van der Waals surface area contributed by atoms with Crippen LogP contribution in [-0.4, -0.2) is 70.2 Å². The van der Waals surface area contributed by atoms with Gasteiger partial charge in [0.2, 0.25) is 17.8 Å². The zero-order valence-electron chi connectivity index (χ0n) is 20.9. The lowest BCUT2D eigenvalue weighted by molar-refractivity contribution is -0.148. The van der Waals surface area contributed by atoms with Crippen LogP contribution in [0.4, 0.5) is 19.1 Å². The maximum absolute atomic E-state index is 12.5. The van der Waals surface area contributed by atoms with Gasteiger partial charge in [-0.15, -0.1) is 5.10 Å². The van der Waals surface area contributed by atoms with Gasteiger partial charge >= 0.3 is 6.18 Å². The molecule has 0 spiro atoms. The third kappa shape index (κ3) is 6.24. The molecule has 0 aromatic carbocycles. The molecular formula is C26H30F3N7O2. The van der Waals surface area contributed by atoms with Crippen molar-refractivity contribution in [2.24, 2.45) is 5.92 Å². The van der Waals surface area contributed by atoms with Crippen molar-refractivity contribution in [2.75, 3.05) is 38.0 Å². The summed E-state index contributed by atoms with van der Waals surface area (Å²) in [4.78, 5) is 30.8. The summed E-state index contributed by atoms with van der Waals surface area (Å²) in [5.41, 5.74) is 3.96. The molecule has 202 valence electrons. The smallest absolute Gasteiger partial charge is 0.352 e. The first-order chi connectivity index (χ1) is 18.2. The molecule has 2 amide bonds. The molecular weight excluding hydrogens is 499 g/mol. The third-order valence-electron chi connectivity index (χ3n) is 7.04. The first-order valence-electron chi connectivity index (χ1n) is 12.8. The lowest BCUT2D eigenvalue weighted by atomic mass is 10.00. The average Bonchev–Trinajstić information content (AvgIpc) is 3.66. The molecule has 0 bridgehead atoms. The minimum atomic E-state index is -4.34. The number of aromatic nitrogens is 3. The topological polar surface area (TPSA) is 104 Å². The fraction of sp³-hybridized carbons (Fsp3) is 0.462. The lowest BCUT2D eigenvalue weighted by Gasteiger charge is -2.27. The number of carbonyl (C=O) groups is 2. The van der Waals surface area contributed by atoms with Gasteiger partial charge in [0.05, 0.1) is 6.42 Å². The van der Waals surface area contributed by atoms with E-state index >= 15 is 0 Å². The quantitative estimate of drug-likeness (QED) is 0.486. The van der Waals surface area contributed by atoms with Crippen LogP contribution in [0.3, 0.4) is 0 Å². The summed E-state index contributed by atoms with van der Waals surface area (Å²) >= 11 is 0. The van der Waals surface area contributed by atoms with E-state index in [1.54, 1.807) is 16.8 Å². The van der Waals surface area contributed by atoms with E-state index in [4.69, 9.17) is 0 Å². The van der Waals surface area contributed by atoms with Crippen LogP contribution >= 0.6 is 0 Å². The van der Waals surface area contributed by atoms with Crippen molar-refractivity contribution < 1.29 is 22.8 Å². The van der Waals surface area contributed by atoms with E-state index in [0.717, 1.165) is 36.3 Å². The standard InChI is InChI=1S/C26H30F3N7O2/c27-26(28,29)9-5-22(37)35-12-7-18(8-13-35)21-2-1-11-36-23(21)33-25(34-36)32-20-4-3-19(14-20)24(38)31-16-17-6-10-30-15-17/h1-4,7,11,17,30H,5-6,8-10,12-16H2,(H,31,38)(H,32,34). The van der Waals surface area contributed by atoms with Crippen LogP contribution in [0.2, 0.25) is 0 Å². The maximum Gasteiger partial charge on any atom is 0.389 e. The van der Waals surface area contributed by atoms with Crippen LogP contribution in [0.1, 0.15) is 37.7 Å². The molecule has 1 aliphatic carbocycles. The SMILES string of the molecule is O=C(NCC1CCNC1)C1=CC=C(Nc2nc3c(C4=CCN(C(=O)CCC(F)(F)F)CC4)cccn3n2)C1. The molecule has 2 aliphatic heterocycles. The van der Waals surface area contributed by atoms with E-state index < -0.39 is 24.9 Å². The van der Waals surface area contributed by atoms with E-state index in [2.05, 4.69) is 26.0 Å². The molecule has 3 aliphatic rings. The molecule has 1 unspecified atom stereocenters. The number of hydrogen-bond donors (Lipinski definition) is 3. The van der Waals surface area contributed by atoms with Crippen molar-refractivity contribution in [3.63, 3.8) is 0 Å². The van der Waals surface area contributed by atoms with Gasteiger partial charge in [0, 0.05) is 55.5 Å². The van der Waals surface area contributed by atoms with E-state index in [0.29, 0.717) is 49.0 Å². The number of halogens is 3. The minimum absolute atomic E-state index is 0.0645. The van der Waals surface area contributed by atoms with Gasteiger partial charge in [-0.2, -0.15) is 18.2 Å². The van der Waals surface area contributed by atoms with Crippen LogP contribution < -0.4 is 16.0 Å². The fourth-order valence-electron chi connectivity index (χ4n) is 4.91. The van der Waals surface area contributed by atoms with Gasteiger partial charge in [-0.05, 0) is 55.6 Å². The molecule has 4 heterocycles. The number of anilines is 1. The second-order valence-electron chi connectivity index (χ2n) is 9.81. The maximum atomic E-state index is 12.5. The summed E-state index contributed by atoms with van der Waals surface area (Å²) in [5.74, 6) is 0.313.